The Morgan fingerprint density at radius 1 is 1.12 bits per heavy atom. The number of fused-ring (bicyclic) bond motifs is 1. The van der Waals surface area contributed by atoms with Gasteiger partial charge in [-0.2, -0.15) is 8.42 Å². The van der Waals surface area contributed by atoms with Crippen LogP contribution in [0.1, 0.15) is 17.2 Å². The number of nitrogens with zero attached hydrogens (tertiary/aromatic N) is 2. The molecule has 2 aliphatic heterocycles. The lowest BCUT2D eigenvalue weighted by Gasteiger charge is -2.34. The van der Waals surface area contributed by atoms with Crippen molar-refractivity contribution in [2.24, 2.45) is 4.40 Å². The van der Waals surface area contributed by atoms with E-state index >= 15 is 0 Å². The first-order valence-electron chi connectivity index (χ1n) is 7.71. The molecule has 5 nitrogen and oxygen atoms in total. The Balaban J connectivity index is 1.65. The summed E-state index contributed by atoms with van der Waals surface area (Å²) in [6.45, 7) is 1.08. The summed E-state index contributed by atoms with van der Waals surface area (Å²) < 4.78 is 60.6. The van der Waals surface area contributed by atoms with Crippen molar-refractivity contribution in [2.75, 3.05) is 19.7 Å². The van der Waals surface area contributed by atoms with Crippen molar-refractivity contribution in [3.63, 3.8) is 0 Å². The van der Waals surface area contributed by atoms with Crippen molar-refractivity contribution in [1.82, 2.24) is 4.90 Å². The molecule has 0 saturated carbocycles. The molecule has 0 aromatic heterocycles. The van der Waals surface area contributed by atoms with Crippen LogP contribution >= 0.6 is 0 Å². The number of benzene rings is 2. The molecule has 1 saturated heterocycles. The van der Waals surface area contributed by atoms with Gasteiger partial charge in [0, 0.05) is 18.7 Å². The van der Waals surface area contributed by atoms with Gasteiger partial charge in [0.1, 0.15) is 11.0 Å². The molecule has 0 spiro atoms. The molecule has 2 aromatic rings. The van der Waals surface area contributed by atoms with Gasteiger partial charge in [0.05, 0.1) is 6.61 Å². The van der Waals surface area contributed by atoms with Gasteiger partial charge in [0.15, 0.2) is 17.5 Å². The summed E-state index contributed by atoms with van der Waals surface area (Å²) in [7, 11) is -3.70. The number of ether oxygens (including phenoxy) is 1. The minimum Gasteiger partial charge on any atom is -0.370 e. The average molecular weight is 364 g/mol. The lowest BCUT2D eigenvalue weighted by atomic mass is 10.1. The first kappa shape index (κ1) is 16.2. The molecule has 2 heterocycles. The van der Waals surface area contributed by atoms with Gasteiger partial charge in [-0.3, -0.25) is 0 Å². The van der Waals surface area contributed by atoms with E-state index in [1.165, 1.54) is 12.1 Å². The van der Waals surface area contributed by atoms with Crippen molar-refractivity contribution in [3.05, 3.63) is 65.2 Å². The van der Waals surface area contributed by atoms with Crippen LogP contribution in [0.25, 0.3) is 0 Å². The topological polar surface area (TPSA) is 59.0 Å². The predicted molar refractivity (Wildman–Crippen MR) is 86.8 cm³/mol. The van der Waals surface area contributed by atoms with E-state index in [1.807, 2.05) is 0 Å². The summed E-state index contributed by atoms with van der Waals surface area (Å²) in [4.78, 5) is 1.99. The van der Waals surface area contributed by atoms with E-state index in [0.29, 0.717) is 36.7 Å². The molecule has 130 valence electrons. The van der Waals surface area contributed by atoms with Gasteiger partial charge < -0.3 is 9.64 Å². The molecule has 2 aliphatic rings. The Hall–Kier alpha value is -2.32. The Morgan fingerprint density at radius 3 is 2.72 bits per heavy atom. The van der Waals surface area contributed by atoms with Gasteiger partial charge in [-0.15, -0.1) is 4.40 Å². The van der Waals surface area contributed by atoms with Crippen molar-refractivity contribution in [1.29, 1.82) is 0 Å². The molecule has 25 heavy (non-hydrogen) atoms. The molecule has 1 unspecified atom stereocenters. The second-order valence-electron chi connectivity index (χ2n) is 5.87. The minimum absolute atomic E-state index is 0.181. The fourth-order valence-corrected chi connectivity index (χ4v) is 4.30. The van der Waals surface area contributed by atoms with Gasteiger partial charge in [-0.1, -0.05) is 18.2 Å². The Kier molecular flexibility index (Phi) is 3.81. The van der Waals surface area contributed by atoms with Crippen LogP contribution < -0.4 is 0 Å². The maximum Gasteiger partial charge on any atom is 0.285 e. The molecule has 1 fully saturated rings. The van der Waals surface area contributed by atoms with Crippen LogP contribution in [0.2, 0.25) is 0 Å². The normalized spacial score (nSPS) is 21.8. The number of hydrogen-bond donors (Lipinski definition) is 0. The summed E-state index contributed by atoms with van der Waals surface area (Å²) in [5.41, 5.74) is 1.05. The first-order chi connectivity index (χ1) is 12.0. The highest BCUT2D eigenvalue weighted by Gasteiger charge is 2.34. The fraction of sp³-hybridized carbons (Fsp3) is 0.235. The summed E-state index contributed by atoms with van der Waals surface area (Å²) >= 11 is 0. The molecule has 4 rings (SSSR count). The van der Waals surface area contributed by atoms with E-state index in [1.54, 1.807) is 23.1 Å². The minimum atomic E-state index is -3.70. The molecule has 0 N–H and O–H groups in total. The first-order valence-corrected chi connectivity index (χ1v) is 9.15. The van der Waals surface area contributed by atoms with Gasteiger partial charge >= 0.3 is 0 Å². The predicted octanol–water partition coefficient (Wildman–Crippen LogP) is 2.49. The van der Waals surface area contributed by atoms with E-state index in [0.717, 1.165) is 12.1 Å². The molecule has 1 atom stereocenters. The number of rotatable bonds is 1. The number of sulfonamides is 1. The van der Waals surface area contributed by atoms with E-state index in [2.05, 4.69) is 4.40 Å². The zero-order valence-corrected chi connectivity index (χ0v) is 13.8. The van der Waals surface area contributed by atoms with Crippen LogP contribution in [0.4, 0.5) is 8.78 Å². The summed E-state index contributed by atoms with van der Waals surface area (Å²) in [5, 5.41) is 0. The molecule has 0 radical (unpaired) electrons. The van der Waals surface area contributed by atoms with Gasteiger partial charge in [-0.25, -0.2) is 8.78 Å². The van der Waals surface area contributed by atoms with Crippen LogP contribution in [0, 0.1) is 11.6 Å². The zero-order chi connectivity index (χ0) is 17.6. The Bertz CT molecular complexity index is 976. The van der Waals surface area contributed by atoms with Crippen molar-refractivity contribution in [2.45, 2.75) is 11.0 Å². The number of morpholine rings is 1. The third-order valence-corrected chi connectivity index (χ3v) is 5.62. The number of amidine groups is 1. The van der Waals surface area contributed by atoms with Crippen LogP contribution in [0.5, 0.6) is 0 Å². The second kappa shape index (κ2) is 5.89. The largest absolute Gasteiger partial charge is 0.370 e. The van der Waals surface area contributed by atoms with Crippen LogP contribution in [-0.2, 0) is 14.8 Å². The van der Waals surface area contributed by atoms with Gasteiger partial charge in [0.25, 0.3) is 10.0 Å². The maximum atomic E-state index is 13.5. The van der Waals surface area contributed by atoms with E-state index in [-0.39, 0.29) is 4.90 Å². The third kappa shape index (κ3) is 2.81. The molecule has 8 heteroatoms. The van der Waals surface area contributed by atoms with Gasteiger partial charge in [-0.05, 0) is 29.8 Å². The second-order valence-corrected chi connectivity index (χ2v) is 7.44. The highest BCUT2D eigenvalue weighted by molar-refractivity contribution is 7.90. The van der Waals surface area contributed by atoms with Gasteiger partial charge in [0.2, 0.25) is 0 Å². The molecule has 0 aliphatic carbocycles. The molecular formula is C17H14F2N2O3S. The van der Waals surface area contributed by atoms with Crippen molar-refractivity contribution >= 4 is 15.9 Å². The van der Waals surface area contributed by atoms with E-state index in [9.17, 15) is 17.2 Å². The summed E-state index contributed by atoms with van der Waals surface area (Å²) in [6, 6.07) is 10.3. The lowest BCUT2D eigenvalue weighted by Crippen LogP contribution is -2.42. The Morgan fingerprint density at radius 2 is 1.92 bits per heavy atom. The quantitative estimate of drug-likeness (QED) is 0.780. The van der Waals surface area contributed by atoms with Crippen LogP contribution in [-0.4, -0.2) is 38.8 Å². The molecule has 0 bridgehead atoms. The Labute approximate surface area is 143 Å². The highest BCUT2D eigenvalue weighted by Crippen LogP contribution is 2.30. The summed E-state index contributed by atoms with van der Waals surface area (Å²) in [5.74, 6) is -1.49. The summed E-state index contributed by atoms with van der Waals surface area (Å²) in [6.07, 6.45) is -0.498. The van der Waals surface area contributed by atoms with Crippen LogP contribution in [0.3, 0.4) is 0 Å². The lowest BCUT2D eigenvalue weighted by molar-refractivity contribution is -0.00682. The monoisotopic (exact) mass is 364 g/mol. The third-order valence-electron chi connectivity index (χ3n) is 4.29. The highest BCUT2D eigenvalue weighted by atomic mass is 32.2. The van der Waals surface area contributed by atoms with Crippen LogP contribution in [0.15, 0.2) is 51.8 Å². The van der Waals surface area contributed by atoms with E-state index in [4.69, 9.17) is 4.74 Å². The molecular weight excluding hydrogens is 350 g/mol. The molecule has 0 amide bonds. The number of hydrogen-bond acceptors (Lipinski definition) is 4. The van der Waals surface area contributed by atoms with Crippen molar-refractivity contribution in [3.8, 4) is 0 Å². The van der Waals surface area contributed by atoms with Crippen molar-refractivity contribution < 1.29 is 21.9 Å². The maximum absolute atomic E-state index is 13.5. The zero-order valence-electron chi connectivity index (χ0n) is 13.0. The molecule has 2 aromatic carbocycles. The SMILES string of the molecule is O=S1(=O)N=C(N2CCOC(c3ccc(F)c(F)c3)C2)c2ccccc21. The fourth-order valence-electron chi connectivity index (χ4n) is 3.07. The number of halogens is 2. The van der Waals surface area contributed by atoms with E-state index < -0.39 is 27.8 Å². The average Bonchev–Trinajstić information content (AvgIpc) is 2.89. The standard InChI is InChI=1S/C17H14F2N2O3S/c18-13-6-5-11(9-14(13)19)15-10-21(7-8-24-15)17-12-3-1-2-4-16(12)25(22,23)20-17/h1-6,9,15H,7-8,10H2. The smallest absolute Gasteiger partial charge is 0.285 e.